The number of unbranched alkanes of at least 4 members (excludes halogenated alkanes) is 1. The van der Waals surface area contributed by atoms with Crippen LogP contribution in [0.25, 0.3) is 0 Å². The number of hydrogen-bond acceptors (Lipinski definition) is 3. The van der Waals surface area contributed by atoms with Crippen LogP contribution in [0.3, 0.4) is 0 Å². The maximum absolute atomic E-state index is 12.6. The number of ether oxygens (including phenoxy) is 1. The van der Waals surface area contributed by atoms with Gasteiger partial charge in [0.25, 0.3) is 0 Å². The lowest BCUT2D eigenvalue weighted by atomic mass is 10.0. The van der Waals surface area contributed by atoms with Gasteiger partial charge in [-0.3, -0.25) is 4.79 Å². The monoisotopic (exact) mass is 432 g/mol. The molecule has 0 bridgehead atoms. The fourth-order valence-corrected chi connectivity index (χ4v) is 3.38. The number of amides is 1. The molecule has 4 nitrogen and oxygen atoms in total. The molecule has 0 unspecified atom stereocenters. The first-order chi connectivity index (χ1) is 11.7. The van der Waals surface area contributed by atoms with Crippen molar-refractivity contribution in [3.63, 3.8) is 0 Å². The van der Waals surface area contributed by atoms with Crippen molar-refractivity contribution in [1.29, 1.82) is 0 Å². The van der Waals surface area contributed by atoms with Gasteiger partial charge in [-0.1, -0.05) is 22.9 Å². The van der Waals surface area contributed by atoms with Crippen molar-refractivity contribution < 1.29 is 9.53 Å². The minimum atomic E-state index is 0. The molecule has 1 saturated heterocycles. The molecule has 0 saturated carbocycles. The maximum atomic E-state index is 12.6. The first-order valence-corrected chi connectivity index (χ1v) is 9.88. The summed E-state index contributed by atoms with van der Waals surface area (Å²) in [6, 6.07) is 8.28. The highest BCUT2D eigenvalue weighted by molar-refractivity contribution is 9.10. The van der Waals surface area contributed by atoms with E-state index < -0.39 is 0 Å². The lowest BCUT2D eigenvalue weighted by molar-refractivity contribution is -0.134. The fourth-order valence-electron chi connectivity index (χ4n) is 3.11. The zero-order valence-electron chi connectivity index (χ0n) is 15.0. The lowest BCUT2D eigenvalue weighted by Gasteiger charge is -2.34. The van der Waals surface area contributed by atoms with E-state index in [9.17, 15) is 4.79 Å². The summed E-state index contributed by atoms with van der Waals surface area (Å²) in [5, 5.41) is 3.37. The highest BCUT2D eigenvalue weighted by Gasteiger charge is 2.23. The van der Waals surface area contributed by atoms with Crippen molar-refractivity contribution >= 4 is 34.2 Å². The summed E-state index contributed by atoms with van der Waals surface area (Å²) >= 11 is 3.41. The molecule has 6 heteroatoms. The van der Waals surface area contributed by atoms with Gasteiger partial charge in [-0.05, 0) is 69.5 Å². The standard InChI is InChI=1S/C19H29BrN2O2.ClH/c1-2-14-22(17-10-12-21-13-11-17)19(23)5-3-4-15-24-18-8-6-16(20)7-9-18;/h6-9,17,21H,2-5,10-15H2,1H3;1H. The molecule has 0 aliphatic carbocycles. The Hall–Kier alpha value is -0.780. The van der Waals surface area contributed by atoms with Gasteiger partial charge in [-0.2, -0.15) is 0 Å². The third-order valence-corrected chi connectivity index (χ3v) is 4.93. The Morgan fingerprint density at radius 2 is 1.92 bits per heavy atom. The fraction of sp³-hybridized carbons (Fsp3) is 0.632. The van der Waals surface area contributed by atoms with Crippen LogP contribution in [0.1, 0.15) is 45.4 Å². The quantitative estimate of drug-likeness (QED) is 0.586. The van der Waals surface area contributed by atoms with Crippen LogP contribution in [0.15, 0.2) is 28.7 Å². The van der Waals surface area contributed by atoms with E-state index in [1.54, 1.807) is 0 Å². The van der Waals surface area contributed by atoms with Crippen LogP contribution >= 0.6 is 28.3 Å². The first-order valence-electron chi connectivity index (χ1n) is 9.09. The molecule has 1 fully saturated rings. The van der Waals surface area contributed by atoms with Gasteiger partial charge in [0, 0.05) is 23.5 Å². The van der Waals surface area contributed by atoms with Crippen molar-refractivity contribution in [3.05, 3.63) is 28.7 Å². The van der Waals surface area contributed by atoms with Crippen LogP contribution in [0, 0.1) is 0 Å². The Kier molecular flexibility index (Phi) is 11.2. The summed E-state index contributed by atoms with van der Waals surface area (Å²) < 4.78 is 6.76. The van der Waals surface area contributed by atoms with Gasteiger partial charge in [0.1, 0.15) is 5.75 Å². The molecule has 0 atom stereocenters. The van der Waals surface area contributed by atoms with Crippen molar-refractivity contribution in [1.82, 2.24) is 10.2 Å². The number of benzene rings is 1. The van der Waals surface area contributed by atoms with E-state index in [1.807, 2.05) is 24.3 Å². The van der Waals surface area contributed by atoms with E-state index in [0.29, 0.717) is 25.0 Å². The van der Waals surface area contributed by atoms with Gasteiger partial charge in [0.05, 0.1) is 6.61 Å². The van der Waals surface area contributed by atoms with Crippen molar-refractivity contribution in [2.45, 2.75) is 51.5 Å². The molecule has 1 aliphatic heterocycles. The molecule has 2 rings (SSSR count). The molecular formula is C19H30BrClN2O2. The number of rotatable bonds is 9. The molecule has 1 heterocycles. The highest BCUT2D eigenvalue weighted by Crippen LogP contribution is 2.17. The molecule has 0 aromatic heterocycles. The van der Waals surface area contributed by atoms with Crippen molar-refractivity contribution in [2.75, 3.05) is 26.2 Å². The second-order valence-corrected chi connectivity index (χ2v) is 7.24. The lowest BCUT2D eigenvalue weighted by Crippen LogP contribution is -2.46. The normalized spacial score (nSPS) is 14.6. The first kappa shape index (κ1) is 22.3. The Balaban J connectivity index is 0.00000312. The molecule has 1 aromatic carbocycles. The second-order valence-electron chi connectivity index (χ2n) is 6.33. The van der Waals surface area contributed by atoms with Gasteiger partial charge >= 0.3 is 0 Å². The highest BCUT2D eigenvalue weighted by atomic mass is 79.9. The Bertz CT molecular complexity index is 493. The van der Waals surface area contributed by atoms with E-state index in [-0.39, 0.29) is 12.4 Å². The number of nitrogens with one attached hydrogen (secondary N) is 1. The van der Waals surface area contributed by atoms with Crippen LogP contribution in [0.2, 0.25) is 0 Å². The molecular weight excluding hydrogens is 404 g/mol. The average Bonchev–Trinajstić information content (AvgIpc) is 2.61. The summed E-state index contributed by atoms with van der Waals surface area (Å²) in [6.07, 6.45) is 5.63. The predicted octanol–water partition coefficient (Wildman–Crippen LogP) is 4.41. The third kappa shape index (κ3) is 7.97. The molecule has 1 aliphatic rings. The number of piperidine rings is 1. The van der Waals surface area contributed by atoms with E-state index in [1.165, 1.54) is 0 Å². The van der Waals surface area contributed by atoms with Crippen LogP contribution < -0.4 is 10.1 Å². The zero-order chi connectivity index (χ0) is 17.2. The van der Waals surface area contributed by atoms with Crippen molar-refractivity contribution in [3.8, 4) is 5.75 Å². The minimum Gasteiger partial charge on any atom is -0.494 e. The van der Waals surface area contributed by atoms with Crippen LogP contribution in [-0.4, -0.2) is 43.1 Å². The van der Waals surface area contributed by atoms with Gasteiger partial charge < -0.3 is 15.0 Å². The van der Waals surface area contributed by atoms with Crippen LogP contribution in [0.4, 0.5) is 0 Å². The summed E-state index contributed by atoms with van der Waals surface area (Å²) in [5.74, 6) is 1.19. The largest absolute Gasteiger partial charge is 0.494 e. The Morgan fingerprint density at radius 3 is 2.56 bits per heavy atom. The number of halogens is 2. The third-order valence-electron chi connectivity index (χ3n) is 4.40. The zero-order valence-corrected chi connectivity index (χ0v) is 17.4. The predicted molar refractivity (Wildman–Crippen MR) is 109 cm³/mol. The van der Waals surface area contributed by atoms with Gasteiger partial charge in [-0.15, -0.1) is 12.4 Å². The van der Waals surface area contributed by atoms with E-state index in [2.05, 4.69) is 33.1 Å². The van der Waals surface area contributed by atoms with Crippen LogP contribution in [-0.2, 0) is 4.79 Å². The molecule has 1 aromatic rings. The number of nitrogens with zero attached hydrogens (tertiary/aromatic N) is 1. The Labute approximate surface area is 166 Å². The minimum absolute atomic E-state index is 0. The van der Waals surface area contributed by atoms with E-state index >= 15 is 0 Å². The second kappa shape index (κ2) is 12.6. The molecule has 1 N–H and O–H groups in total. The molecule has 142 valence electrons. The Morgan fingerprint density at radius 1 is 1.24 bits per heavy atom. The SMILES string of the molecule is CCCN(C(=O)CCCCOc1ccc(Br)cc1)C1CCNCC1.Cl. The van der Waals surface area contributed by atoms with Crippen molar-refractivity contribution in [2.24, 2.45) is 0 Å². The number of hydrogen-bond donors (Lipinski definition) is 1. The van der Waals surface area contributed by atoms with E-state index in [0.717, 1.165) is 62.0 Å². The average molecular weight is 434 g/mol. The van der Waals surface area contributed by atoms with Gasteiger partial charge in [0.2, 0.25) is 5.91 Å². The van der Waals surface area contributed by atoms with Gasteiger partial charge in [-0.25, -0.2) is 0 Å². The van der Waals surface area contributed by atoms with Gasteiger partial charge in [0.15, 0.2) is 0 Å². The summed E-state index contributed by atoms with van der Waals surface area (Å²) in [7, 11) is 0. The number of carbonyl (C=O) groups is 1. The smallest absolute Gasteiger partial charge is 0.222 e. The summed E-state index contributed by atoms with van der Waals surface area (Å²) in [4.78, 5) is 14.7. The molecule has 25 heavy (non-hydrogen) atoms. The van der Waals surface area contributed by atoms with Crippen LogP contribution in [0.5, 0.6) is 5.75 Å². The number of carbonyl (C=O) groups excluding carboxylic acids is 1. The van der Waals surface area contributed by atoms with E-state index in [4.69, 9.17) is 4.74 Å². The molecule has 1 amide bonds. The maximum Gasteiger partial charge on any atom is 0.222 e. The topological polar surface area (TPSA) is 41.6 Å². The molecule has 0 radical (unpaired) electrons. The molecule has 0 spiro atoms. The summed E-state index contributed by atoms with van der Waals surface area (Å²) in [5.41, 5.74) is 0. The summed E-state index contributed by atoms with van der Waals surface area (Å²) in [6.45, 7) is 5.75.